The summed E-state index contributed by atoms with van der Waals surface area (Å²) in [5, 5.41) is 5.75. The number of hydrogen-bond acceptors (Lipinski definition) is 6. The smallest absolute Gasteiger partial charge is 0.235 e. The fourth-order valence-corrected chi connectivity index (χ4v) is 6.42. The van der Waals surface area contributed by atoms with Crippen molar-refractivity contribution in [3.63, 3.8) is 0 Å². The molecule has 0 bridgehead atoms. The van der Waals surface area contributed by atoms with E-state index in [-0.39, 0.29) is 24.2 Å². The fraction of sp³-hybridized carbons (Fsp3) is 0.458. The summed E-state index contributed by atoms with van der Waals surface area (Å²) in [7, 11) is -3.36. The minimum absolute atomic E-state index is 0.0921. The molecule has 0 aromatic heterocycles. The van der Waals surface area contributed by atoms with E-state index in [4.69, 9.17) is 9.47 Å². The van der Waals surface area contributed by atoms with Gasteiger partial charge in [-0.15, -0.1) is 0 Å². The minimum atomic E-state index is -3.36. The van der Waals surface area contributed by atoms with Crippen molar-refractivity contribution in [2.45, 2.75) is 50.3 Å². The molecule has 1 fully saturated rings. The number of ether oxygens (including phenoxy) is 2. The van der Waals surface area contributed by atoms with Crippen LogP contribution in [0.3, 0.4) is 0 Å². The Morgan fingerprint density at radius 2 is 1.81 bits per heavy atom. The highest BCUT2D eigenvalue weighted by Gasteiger charge is 2.52. The van der Waals surface area contributed by atoms with Crippen molar-refractivity contribution in [1.29, 1.82) is 0 Å². The van der Waals surface area contributed by atoms with Gasteiger partial charge in [-0.2, -0.15) is 0 Å². The van der Waals surface area contributed by atoms with E-state index in [0.717, 1.165) is 24.1 Å². The number of carbonyl (C=O) groups is 1. The summed E-state index contributed by atoms with van der Waals surface area (Å²) < 4.78 is 36.2. The average Bonchev–Trinajstić information content (AvgIpc) is 3.21. The molecule has 0 spiro atoms. The van der Waals surface area contributed by atoms with E-state index in [1.54, 1.807) is 6.07 Å². The lowest BCUT2D eigenvalue weighted by Crippen LogP contribution is -2.37. The third kappa shape index (κ3) is 3.41. The number of anilines is 2. The van der Waals surface area contributed by atoms with E-state index in [1.807, 2.05) is 51.1 Å². The monoisotopic (exact) mass is 456 g/mol. The van der Waals surface area contributed by atoms with Gasteiger partial charge in [-0.3, -0.25) is 4.79 Å². The molecule has 2 aromatic carbocycles. The molecule has 2 aliphatic heterocycles. The molecule has 3 aliphatic rings. The molecule has 2 N–H and O–H groups in total. The second-order valence-corrected chi connectivity index (χ2v) is 12.3. The van der Waals surface area contributed by atoms with Gasteiger partial charge in [0.25, 0.3) is 0 Å². The van der Waals surface area contributed by atoms with Gasteiger partial charge in [0.1, 0.15) is 5.25 Å². The van der Waals surface area contributed by atoms with E-state index in [0.29, 0.717) is 22.7 Å². The van der Waals surface area contributed by atoms with Crippen LogP contribution < -0.4 is 20.1 Å². The first kappa shape index (κ1) is 21.1. The predicted octanol–water partition coefficient (Wildman–Crippen LogP) is 4.01. The second kappa shape index (κ2) is 6.88. The zero-order valence-electron chi connectivity index (χ0n) is 18.7. The zero-order chi connectivity index (χ0) is 22.9. The zero-order valence-corrected chi connectivity index (χ0v) is 19.5. The highest BCUT2D eigenvalue weighted by molar-refractivity contribution is 7.91. The topological polar surface area (TPSA) is 93.7 Å². The molecule has 2 unspecified atom stereocenters. The van der Waals surface area contributed by atoms with Gasteiger partial charge in [-0.05, 0) is 59.7 Å². The van der Waals surface area contributed by atoms with Crippen molar-refractivity contribution in [2.24, 2.45) is 5.41 Å². The third-order valence-electron chi connectivity index (χ3n) is 6.73. The van der Waals surface area contributed by atoms with Crippen molar-refractivity contribution >= 4 is 27.1 Å². The Kier molecular flexibility index (Phi) is 4.54. The number of amides is 1. The molecule has 5 rings (SSSR count). The molecule has 0 radical (unpaired) electrons. The van der Waals surface area contributed by atoms with E-state index in [1.165, 1.54) is 6.26 Å². The lowest BCUT2D eigenvalue weighted by atomic mass is 9.85. The van der Waals surface area contributed by atoms with E-state index in [9.17, 15) is 13.2 Å². The van der Waals surface area contributed by atoms with Gasteiger partial charge in [0, 0.05) is 17.6 Å². The van der Waals surface area contributed by atoms with E-state index in [2.05, 4.69) is 10.6 Å². The summed E-state index contributed by atoms with van der Waals surface area (Å²) in [5.74, 6) is 1.26. The van der Waals surface area contributed by atoms with Crippen molar-refractivity contribution in [2.75, 3.05) is 23.7 Å². The second-order valence-electron chi connectivity index (χ2n) is 10.1. The normalized spacial score (nSPS) is 22.8. The molecule has 1 amide bonds. The number of fused-ring (bicyclic) bond motifs is 2. The molecule has 1 aliphatic carbocycles. The molecule has 2 aromatic rings. The van der Waals surface area contributed by atoms with Crippen molar-refractivity contribution in [3.8, 4) is 11.5 Å². The first-order valence-electron chi connectivity index (χ1n) is 10.8. The summed E-state index contributed by atoms with van der Waals surface area (Å²) in [5.41, 5.74) is 2.17. The number of rotatable bonds is 4. The number of benzene rings is 2. The average molecular weight is 457 g/mol. The molecule has 170 valence electrons. The first-order chi connectivity index (χ1) is 15.0. The molecule has 32 heavy (non-hydrogen) atoms. The maximum atomic E-state index is 13.3. The summed E-state index contributed by atoms with van der Waals surface area (Å²) in [6.07, 6.45) is 2.78. The van der Waals surface area contributed by atoms with Gasteiger partial charge in [0.15, 0.2) is 21.3 Å². The summed E-state index contributed by atoms with van der Waals surface area (Å²) in [6, 6.07) is 10.9. The van der Waals surface area contributed by atoms with Crippen LogP contribution in [0.2, 0.25) is 0 Å². The van der Waals surface area contributed by atoms with Crippen LogP contribution in [0, 0.1) is 5.41 Å². The van der Waals surface area contributed by atoms with Gasteiger partial charge in [0.05, 0.1) is 11.5 Å². The number of carbonyl (C=O) groups excluding carboxylic acids is 1. The maximum Gasteiger partial charge on any atom is 0.235 e. The molecule has 2 heterocycles. The molecule has 7 nitrogen and oxygen atoms in total. The third-order valence-corrected chi connectivity index (χ3v) is 8.18. The molecule has 2 atom stereocenters. The molecular formula is C24H28N2O5S. The SMILES string of the molecule is CC(C)(C)C1Nc2ccc(NC(=O)C3(c4ccc5c(c4)OCO5)CC3)cc2C1S(C)(=O)=O. The summed E-state index contributed by atoms with van der Waals surface area (Å²) >= 11 is 0. The predicted molar refractivity (Wildman–Crippen MR) is 123 cm³/mol. The first-order valence-corrected chi connectivity index (χ1v) is 12.8. The molecule has 1 saturated carbocycles. The van der Waals surface area contributed by atoms with Crippen LogP contribution in [-0.4, -0.2) is 33.4 Å². The number of nitrogens with one attached hydrogen (secondary N) is 2. The van der Waals surface area contributed by atoms with Crippen LogP contribution in [0.1, 0.15) is 50.0 Å². The van der Waals surface area contributed by atoms with Gasteiger partial charge in [0.2, 0.25) is 12.7 Å². The Labute approximate surface area is 188 Å². The molecule has 0 saturated heterocycles. The van der Waals surface area contributed by atoms with Gasteiger partial charge in [-0.25, -0.2) is 8.42 Å². The van der Waals surface area contributed by atoms with Crippen LogP contribution >= 0.6 is 0 Å². The van der Waals surface area contributed by atoms with Gasteiger partial charge >= 0.3 is 0 Å². The highest BCUT2D eigenvalue weighted by atomic mass is 32.2. The Hall–Kier alpha value is -2.74. The number of sulfone groups is 1. The Morgan fingerprint density at radius 1 is 1.09 bits per heavy atom. The minimum Gasteiger partial charge on any atom is -0.454 e. The number of hydrogen-bond donors (Lipinski definition) is 2. The van der Waals surface area contributed by atoms with E-state index < -0.39 is 20.5 Å². The van der Waals surface area contributed by atoms with Gasteiger partial charge in [-0.1, -0.05) is 26.8 Å². The van der Waals surface area contributed by atoms with Crippen LogP contribution in [-0.2, 0) is 20.0 Å². The van der Waals surface area contributed by atoms with Crippen LogP contribution in [0.4, 0.5) is 11.4 Å². The molecule has 8 heteroatoms. The Morgan fingerprint density at radius 3 is 2.47 bits per heavy atom. The summed E-state index contributed by atoms with van der Waals surface area (Å²) in [4.78, 5) is 13.3. The lowest BCUT2D eigenvalue weighted by Gasteiger charge is -2.31. The fourth-order valence-electron chi connectivity index (χ4n) is 4.80. The van der Waals surface area contributed by atoms with Crippen LogP contribution in [0.5, 0.6) is 11.5 Å². The standard InChI is InChI=1S/C24H28N2O5S/c1-23(2,3)21-20(32(4,28)29)16-12-15(6-7-17(16)26-21)25-22(27)24(9-10-24)14-5-8-18-19(11-14)31-13-30-18/h5-8,11-12,20-21,26H,9-10,13H2,1-4H3,(H,25,27). The highest BCUT2D eigenvalue weighted by Crippen LogP contribution is 2.51. The largest absolute Gasteiger partial charge is 0.454 e. The lowest BCUT2D eigenvalue weighted by molar-refractivity contribution is -0.118. The van der Waals surface area contributed by atoms with Crippen LogP contribution in [0.15, 0.2) is 36.4 Å². The van der Waals surface area contributed by atoms with Crippen molar-refractivity contribution in [1.82, 2.24) is 0 Å². The van der Waals surface area contributed by atoms with Crippen LogP contribution in [0.25, 0.3) is 0 Å². The summed E-state index contributed by atoms with van der Waals surface area (Å²) in [6.45, 7) is 6.27. The maximum absolute atomic E-state index is 13.3. The molecular weight excluding hydrogens is 428 g/mol. The van der Waals surface area contributed by atoms with E-state index >= 15 is 0 Å². The van der Waals surface area contributed by atoms with Crippen molar-refractivity contribution in [3.05, 3.63) is 47.5 Å². The Balaban J connectivity index is 1.43. The van der Waals surface area contributed by atoms with Gasteiger partial charge < -0.3 is 20.1 Å². The van der Waals surface area contributed by atoms with Crippen molar-refractivity contribution < 1.29 is 22.7 Å². The quantitative estimate of drug-likeness (QED) is 0.722. The Bertz CT molecular complexity index is 1210.